The van der Waals surface area contributed by atoms with Crippen LogP contribution in [0.15, 0.2) is 85.3 Å². The molecule has 0 aliphatic carbocycles. The molecule has 0 aromatic rings. The maximum absolute atomic E-state index is 12.5. The molecule has 0 rings (SSSR count). The van der Waals surface area contributed by atoms with Crippen molar-refractivity contribution in [2.24, 2.45) is 5.73 Å². The Morgan fingerprint density at radius 1 is 0.698 bits per heavy atom. The van der Waals surface area contributed by atoms with Crippen molar-refractivity contribution in [2.75, 3.05) is 26.4 Å². The zero-order valence-corrected chi connectivity index (χ0v) is 34.0. The highest BCUT2D eigenvalue weighted by atomic mass is 31.2. The van der Waals surface area contributed by atoms with Gasteiger partial charge in [-0.2, -0.15) is 0 Å². The number of hydrogen-bond donors (Lipinski definition) is 3. The predicted molar refractivity (Wildman–Crippen MR) is 220 cm³/mol. The van der Waals surface area contributed by atoms with Crippen LogP contribution in [0.5, 0.6) is 0 Å². The van der Waals surface area contributed by atoms with Crippen LogP contribution in [-0.2, 0) is 27.9 Å². The smallest absolute Gasteiger partial charge is 0.472 e. The number of unbranched alkanes of at least 4 members (excludes halogenated alkanes) is 12. The maximum atomic E-state index is 12.5. The number of phosphoric acid groups is 1. The first-order valence-corrected chi connectivity index (χ1v) is 21.7. The number of phosphoric ester groups is 1. The summed E-state index contributed by atoms with van der Waals surface area (Å²) in [5.41, 5.74) is 5.34. The molecule has 0 aromatic carbocycles. The van der Waals surface area contributed by atoms with E-state index in [1.54, 1.807) is 12.3 Å². The van der Waals surface area contributed by atoms with Crippen molar-refractivity contribution < 1.29 is 37.9 Å². The Balaban J connectivity index is 4.32. The highest BCUT2D eigenvalue weighted by Crippen LogP contribution is 2.43. The molecular formula is C43H74NO8P. The van der Waals surface area contributed by atoms with E-state index in [2.05, 4.69) is 44.2 Å². The van der Waals surface area contributed by atoms with Gasteiger partial charge in [-0.05, 0) is 57.4 Å². The lowest BCUT2D eigenvalue weighted by molar-refractivity contribution is -0.153. The molecule has 3 atom stereocenters. The van der Waals surface area contributed by atoms with Gasteiger partial charge in [-0.25, -0.2) is 4.57 Å². The van der Waals surface area contributed by atoms with Crippen LogP contribution in [0.4, 0.5) is 0 Å². The molecule has 53 heavy (non-hydrogen) atoms. The van der Waals surface area contributed by atoms with E-state index in [0.29, 0.717) is 12.8 Å². The van der Waals surface area contributed by atoms with Gasteiger partial charge in [0.25, 0.3) is 0 Å². The van der Waals surface area contributed by atoms with Gasteiger partial charge in [-0.1, -0.05) is 157 Å². The van der Waals surface area contributed by atoms with Crippen LogP contribution in [0.2, 0.25) is 0 Å². The fourth-order valence-electron chi connectivity index (χ4n) is 5.01. The number of nitrogens with two attached hydrogens (primary N) is 1. The average Bonchev–Trinajstić information content (AvgIpc) is 3.14. The van der Waals surface area contributed by atoms with Crippen LogP contribution in [0.3, 0.4) is 0 Å². The van der Waals surface area contributed by atoms with Crippen LogP contribution < -0.4 is 5.73 Å². The third-order valence-corrected chi connectivity index (χ3v) is 8.97. The average molecular weight is 764 g/mol. The summed E-state index contributed by atoms with van der Waals surface area (Å²) in [6, 6.07) is 0. The monoisotopic (exact) mass is 764 g/mol. The Hall–Kier alpha value is -2.52. The zero-order chi connectivity index (χ0) is 38.9. The zero-order valence-electron chi connectivity index (χ0n) is 33.1. The van der Waals surface area contributed by atoms with E-state index in [9.17, 15) is 19.4 Å². The summed E-state index contributed by atoms with van der Waals surface area (Å²) in [6.07, 6.45) is 47.5. The second-order valence-corrected chi connectivity index (χ2v) is 14.5. The molecule has 0 radical (unpaired) electrons. The number of aliphatic hydroxyl groups excluding tert-OH is 1. The summed E-state index contributed by atoms with van der Waals surface area (Å²) in [5.74, 6) is -0.450. The van der Waals surface area contributed by atoms with Gasteiger partial charge >= 0.3 is 13.8 Å². The molecule has 9 nitrogen and oxygen atoms in total. The number of hydrogen-bond acceptors (Lipinski definition) is 8. The molecule has 304 valence electrons. The van der Waals surface area contributed by atoms with Crippen molar-refractivity contribution in [1.29, 1.82) is 0 Å². The Morgan fingerprint density at radius 3 is 1.92 bits per heavy atom. The van der Waals surface area contributed by atoms with Crippen LogP contribution in [0.25, 0.3) is 0 Å². The number of carbonyl (C=O) groups excluding carboxylic acids is 1. The van der Waals surface area contributed by atoms with Gasteiger partial charge in [0.1, 0.15) is 6.61 Å². The largest absolute Gasteiger partial charge is 0.498 e. The number of aliphatic hydroxyl groups is 1. The number of esters is 1. The summed E-state index contributed by atoms with van der Waals surface area (Å²) in [7, 11) is -4.32. The van der Waals surface area contributed by atoms with E-state index in [1.807, 2.05) is 42.5 Å². The predicted octanol–water partition coefficient (Wildman–Crippen LogP) is 11.1. The van der Waals surface area contributed by atoms with E-state index in [-0.39, 0.29) is 32.8 Å². The fraction of sp³-hybridized carbons (Fsp3) is 0.651. The molecule has 0 fully saturated rings. The Labute approximate surface area is 322 Å². The van der Waals surface area contributed by atoms with Crippen molar-refractivity contribution in [1.82, 2.24) is 0 Å². The standard InChI is InChI=1S/C43H74NO8P/c1-3-5-7-8-9-10-11-12-16-19-22-25-28-32-37-49-39-42(40-51-53(47,48)50-38-36-44)52-43(46)35-31-27-24-21-18-15-13-14-17-20-23-26-30-34-41(45)33-29-6-4-2/h6,14-15,17-18,23-24,26-27,29-30,32,34,37,41-42,45H,3-5,7-13,16,19-22,25,28,31,33,35-36,38-40,44H2,1-2H3,(H,47,48)/b17-14-,18-15-,26-23-,27-24-,29-6-,34-30-,37-32-. The first-order chi connectivity index (χ1) is 25.8. The Bertz CT molecular complexity index is 1100. The van der Waals surface area contributed by atoms with Crippen molar-refractivity contribution >= 4 is 13.8 Å². The SMILES string of the molecule is CC/C=C\CC(O)/C=C\C=C/C/C=C\C/C=C\C/C=C\CCC(=O)OC(CO/C=C\CCCCCCCCCCCCCC)COP(=O)(O)OCCN. The lowest BCUT2D eigenvalue weighted by atomic mass is 10.0. The summed E-state index contributed by atoms with van der Waals surface area (Å²) >= 11 is 0. The van der Waals surface area contributed by atoms with Crippen molar-refractivity contribution in [3.05, 3.63) is 85.3 Å². The molecule has 4 N–H and O–H groups in total. The van der Waals surface area contributed by atoms with Crippen LogP contribution in [0, 0.1) is 0 Å². The second-order valence-electron chi connectivity index (χ2n) is 13.0. The fourth-order valence-corrected chi connectivity index (χ4v) is 5.78. The first-order valence-electron chi connectivity index (χ1n) is 20.2. The first kappa shape index (κ1) is 50.5. The van der Waals surface area contributed by atoms with Gasteiger partial charge in [-0.3, -0.25) is 13.8 Å². The van der Waals surface area contributed by atoms with Crippen LogP contribution in [-0.4, -0.2) is 54.5 Å². The van der Waals surface area contributed by atoms with Crippen molar-refractivity contribution in [3.63, 3.8) is 0 Å². The van der Waals surface area contributed by atoms with Gasteiger partial charge in [0.05, 0.1) is 25.6 Å². The van der Waals surface area contributed by atoms with E-state index >= 15 is 0 Å². The van der Waals surface area contributed by atoms with Crippen molar-refractivity contribution in [3.8, 4) is 0 Å². The van der Waals surface area contributed by atoms with Gasteiger partial charge in [0.2, 0.25) is 0 Å². The minimum Gasteiger partial charge on any atom is -0.498 e. The number of carbonyl (C=O) groups is 1. The number of rotatable bonds is 37. The molecule has 0 heterocycles. The normalized spacial score (nSPS) is 15.0. The Kier molecular flexibility index (Phi) is 37.3. The Morgan fingerprint density at radius 2 is 1.30 bits per heavy atom. The quantitative estimate of drug-likeness (QED) is 0.0141. The minimum absolute atomic E-state index is 0.0126. The number of allylic oxidation sites excluding steroid dienone is 11. The molecule has 0 saturated heterocycles. The summed E-state index contributed by atoms with van der Waals surface area (Å²) in [4.78, 5) is 22.4. The molecule has 10 heteroatoms. The highest BCUT2D eigenvalue weighted by molar-refractivity contribution is 7.47. The molecule has 0 amide bonds. The maximum Gasteiger partial charge on any atom is 0.472 e. The summed E-state index contributed by atoms with van der Waals surface area (Å²) < 4.78 is 33.0. The third-order valence-electron chi connectivity index (χ3n) is 7.98. The molecule has 0 spiro atoms. The molecule has 0 saturated carbocycles. The van der Waals surface area contributed by atoms with Gasteiger partial charge in [0.15, 0.2) is 6.10 Å². The molecule has 0 bridgehead atoms. The third kappa shape index (κ3) is 39.0. The topological polar surface area (TPSA) is 138 Å². The lowest BCUT2D eigenvalue weighted by Crippen LogP contribution is -2.27. The highest BCUT2D eigenvalue weighted by Gasteiger charge is 2.25. The van der Waals surface area contributed by atoms with Crippen LogP contribution >= 0.6 is 7.82 Å². The molecule has 0 aliphatic heterocycles. The van der Waals surface area contributed by atoms with E-state index < -0.39 is 26.0 Å². The second kappa shape index (κ2) is 39.2. The molecule has 3 unspecified atom stereocenters. The van der Waals surface area contributed by atoms with Crippen LogP contribution in [0.1, 0.15) is 142 Å². The van der Waals surface area contributed by atoms with Gasteiger partial charge in [-0.15, -0.1) is 0 Å². The molecule has 0 aliphatic rings. The summed E-state index contributed by atoms with van der Waals surface area (Å²) in [6.45, 7) is 3.91. The van der Waals surface area contributed by atoms with E-state index in [1.165, 1.54) is 70.6 Å². The van der Waals surface area contributed by atoms with E-state index in [4.69, 9.17) is 24.3 Å². The van der Waals surface area contributed by atoms with Gasteiger partial charge in [0, 0.05) is 13.0 Å². The van der Waals surface area contributed by atoms with E-state index in [0.717, 1.165) is 38.5 Å². The molecular weight excluding hydrogens is 689 g/mol. The summed E-state index contributed by atoms with van der Waals surface area (Å²) in [5, 5.41) is 9.83. The minimum atomic E-state index is -4.32. The van der Waals surface area contributed by atoms with Crippen molar-refractivity contribution in [2.45, 2.75) is 154 Å². The van der Waals surface area contributed by atoms with Gasteiger partial charge < -0.3 is 25.2 Å². The lowest BCUT2D eigenvalue weighted by Gasteiger charge is -2.19. The molecule has 0 aromatic heterocycles. The number of ether oxygens (including phenoxy) is 2.